The lowest BCUT2D eigenvalue weighted by molar-refractivity contribution is -0.384. The molecule has 0 aromatic heterocycles. The Morgan fingerprint density at radius 2 is 2.20 bits per heavy atom. The first-order chi connectivity index (χ1) is 9.63. The largest absolute Gasteiger partial charge is 0.378 e. The van der Waals surface area contributed by atoms with E-state index in [-0.39, 0.29) is 28.8 Å². The van der Waals surface area contributed by atoms with E-state index in [1.54, 1.807) is 18.2 Å². The van der Waals surface area contributed by atoms with E-state index in [0.29, 0.717) is 13.1 Å². The summed E-state index contributed by atoms with van der Waals surface area (Å²) in [6, 6.07) is 6.32. The number of hydrogen-bond acceptors (Lipinski definition) is 5. The number of anilines is 1. The third-order valence-electron chi connectivity index (χ3n) is 3.03. The predicted octanol–water partition coefficient (Wildman–Crippen LogP) is 1.40. The van der Waals surface area contributed by atoms with Crippen LogP contribution in [0.2, 0.25) is 0 Å². The van der Waals surface area contributed by atoms with E-state index in [9.17, 15) is 14.9 Å². The first kappa shape index (κ1) is 13.8. The lowest BCUT2D eigenvalue weighted by Crippen LogP contribution is -2.29. The molecule has 1 saturated carbocycles. The van der Waals surface area contributed by atoms with Crippen molar-refractivity contribution < 1.29 is 9.72 Å². The number of nitrogens with one attached hydrogen (secondary N) is 2. The molecule has 1 fully saturated rings. The minimum absolute atomic E-state index is 0.0158. The molecule has 1 aliphatic rings. The number of carbonyl (C=O) groups is 1. The maximum atomic E-state index is 11.4. The molecule has 0 unspecified atom stereocenters. The molecule has 1 aliphatic carbocycles. The Morgan fingerprint density at radius 3 is 2.80 bits per heavy atom. The average Bonchev–Trinajstić information content (AvgIpc) is 3.27. The molecule has 7 nitrogen and oxygen atoms in total. The molecule has 20 heavy (non-hydrogen) atoms. The Morgan fingerprint density at radius 1 is 1.45 bits per heavy atom. The van der Waals surface area contributed by atoms with Crippen LogP contribution in [0, 0.1) is 27.4 Å². The van der Waals surface area contributed by atoms with Gasteiger partial charge >= 0.3 is 5.69 Å². The van der Waals surface area contributed by atoms with Crippen LogP contribution < -0.4 is 10.6 Å². The van der Waals surface area contributed by atoms with Gasteiger partial charge in [0.1, 0.15) is 17.3 Å². The van der Waals surface area contributed by atoms with Crippen LogP contribution in [-0.4, -0.2) is 23.9 Å². The lowest BCUT2D eigenvalue weighted by Gasteiger charge is -2.08. The normalized spacial score (nSPS) is 13.3. The average molecular weight is 274 g/mol. The summed E-state index contributed by atoms with van der Waals surface area (Å²) in [4.78, 5) is 21.8. The van der Waals surface area contributed by atoms with E-state index in [1.165, 1.54) is 6.07 Å². The number of carbonyl (C=O) groups excluding carboxylic acids is 1. The molecule has 1 aromatic rings. The van der Waals surface area contributed by atoms with Gasteiger partial charge in [-0.15, -0.1) is 0 Å². The number of nitriles is 1. The van der Waals surface area contributed by atoms with E-state index in [0.717, 1.165) is 12.8 Å². The third kappa shape index (κ3) is 3.23. The van der Waals surface area contributed by atoms with Gasteiger partial charge in [0.2, 0.25) is 5.91 Å². The fourth-order valence-electron chi connectivity index (χ4n) is 1.85. The molecule has 1 aromatic carbocycles. The Balaban J connectivity index is 1.93. The fourth-order valence-corrected chi connectivity index (χ4v) is 1.85. The van der Waals surface area contributed by atoms with Crippen LogP contribution >= 0.6 is 0 Å². The van der Waals surface area contributed by atoms with Crippen LogP contribution in [0.15, 0.2) is 18.2 Å². The molecule has 0 radical (unpaired) electrons. The van der Waals surface area contributed by atoms with Crippen molar-refractivity contribution in [2.75, 3.05) is 18.4 Å². The van der Waals surface area contributed by atoms with Crippen molar-refractivity contribution in [2.45, 2.75) is 12.8 Å². The molecular weight excluding hydrogens is 260 g/mol. The lowest BCUT2D eigenvalue weighted by atomic mass is 10.1. The summed E-state index contributed by atoms with van der Waals surface area (Å²) in [7, 11) is 0. The zero-order chi connectivity index (χ0) is 14.5. The highest BCUT2D eigenvalue weighted by atomic mass is 16.6. The second-order valence-electron chi connectivity index (χ2n) is 4.56. The summed E-state index contributed by atoms with van der Waals surface area (Å²) >= 11 is 0. The van der Waals surface area contributed by atoms with Crippen molar-refractivity contribution in [3.8, 4) is 6.07 Å². The summed E-state index contributed by atoms with van der Waals surface area (Å²) < 4.78 is 0. The number of rotatable bonds is 6. The molecule has 0 heterocycles. The van der Waals surface area contributed by atoms with Gasteiger partial charge in [-0.3, -0.25) is 14.9 Å². The zero-order valence-electron chi connectivity index (χ0n) is 10.8. The molecular formula is C13H14N4O3. The van der Waals surface area contributed by atoms with Gasteiger partial charge in [-0.05, 0) is 25.0 Å². The molecule has 0 aliphatic heterocycles. The Hall–Kier alpha value is -2.62. The number of amides is 1. The van der Waals surface area contributed by atoms with E-state index in [2.05, 4.69) is 10.6 Å². The number of nitrogens with zero attached hydrogens (tertiary/aromatic N) is 2. The van der Waals surface area contributed by atoms with E-state index < -0.39 is 4.92 Å². The van der Waals surface area contributed by atoms with Crippen LogP contribution in [0.3, 0.4) is 0 Å². The van der Waals surface area contributed by atoms with Gasteiger partial charge in [-0.25, -0.2) is 0 Å². The van der Waals surface area contributed by atoms with Gasteiger partial charge in [0.05, 0.1) is 4.92 Å². The third-order valence-corrected chi connectivity index (χ3v) is 3.03. The van der Waals surface area contributed by atoms with Crippen LogP contribution in [0.5, 0.6) is 0 Å². The second kappa shape index (κ2) is 6.02. The maximum Gasteiger partial charge on any atom is 0.309 e. The van der Waals surface area contributed by atoms with Gasteiger partial charge in [-0.1, -0.05) is 6.07 Å². The molecule has 0 spiro atoms. The second-order valence-corrected chi connectivity index (χ2v) is 4.56. The number of nitro groups is 1. The van der Waals surface area contributed by atoms with Crippen molar-refractivity contribution >= 4 is 17.3 Å². The first-order valence-electron chi connectivity index (χ1n) is 6.32. The highest BCUT2D eigenvalue weighted by Crippen LogP contribution is 2.29. The van der Waals surface area contributed by atoms with E-state index >= 15 is 0 Å². The van der Waals surface area contributed by atoms with Crippen molar-refractivity contribution in [2.24, 2.45) is 5.92 Å². The highest BCUT2D eigenvalue weighted by Gasteiger charge is 2.29. The van der Waals surface area contributed by atoms with E-state index in [4.69, 9.17) is 5.26 Å². The molecule has 7 heteroatoms. The summed E-state index contributed by atoms with van der Waals surface area (Å²) in [5.74, 6) is 0.179. The molecule has 104 valence electrons. The standard InChI is InChI=1S/C13H14N4O3/c14-8-10-2-1-3-11(12(10)17(19)20)15-6-7-16-13(18)9-4-5-9/h1-3,9,15H,4-7H2,(H,16,18). The fraction of sp³-hybridized carbons (Fsp3) is 0.385. The number of benzene rings is 1. The Bertz CT molecular complexity index is 575. The topological polar surface area (TPSA) is 108 Å². The number of nitro benzene ring substituents is 1. The molecule has 0 atom stereocenters. The summed E-state index contributed by atoms with van der Waals surface area (Å²) in [5, 5.41) is 25.5. The smallest absolute Gasteiger partial charge is 0.309 e. The van der Waals surface area contributed by atoms with Crippen molar-refractivity contribution in [3.63, 3.8) is 0 Å². The molecule has 2 N–H and O–H groups in total. The van der Waals surface area contributed by atoms with Crippen LogP contribution in [0.25, 0.3) is 0 Å². The predicted molar refractivity (Wildman–Crippen MR) is 72.0 cm³/mol. The van der Waals surface area contributed by atoms with Crippen LogP contribution in [0.4, 0.5) is 11.4 Å². The molecule has 0 bridgehead atoms. The quantitative estimate of drug-likeness (QED) is 0.463. The SMILES string of the molecule is N#Cc1cccc(NCCNC(=O)C2CC2)c1[N+](=O)[O-]. The zero-order valence-corrected chi connectivity index (χ0v) is 10.8. The van der Waals surface area contributed by atoms with Gasteiger partial charge in [0.15, 0.2) is 0 Å². The molecule has 0 saturated heterocycles. The van der Waals surface area contributed by atoms with Gasteiger partial charge in [-0.2, -0.15) is 5.26 Å². The van der Waals surface area contributed by atoms with Gasteiger partial charge < -0.3 is 10.6 Å². The van der Waals surface area contributed by atoms with Crippen molar-refractivity contribution in [1.29, 1.82) is 5.26 Å². The maximum absolute atomic E-state index is 11.4. The van der Waals surface area contributed by atoms with Crippen molar-refractivity contribution in [1.82, 2.24) is 5.32 Å². The molecule has 2 rings (SSSR count). The highest BCUT2D eigenvalue weighted by molar-refractivity contribution is 5.80. The van der Waals surface area contributed by atoms with Crippen LogP contribution in [-0.2, 0) is 4.79 Å². The summed E-state index contributed by atoms with van der Waals surface area (Å²) in [5.41, 5.74) is 0.0697. The van der Waals surface area contributed by atoms with Gasteiger partial charge in [0.25, 0.3) is 0 Å². The summed E-state index contributed by atoms with van der Waals surface area (Å²) in [6.45, 7) is 0.761. The monoisotopic (exact) mass is 274 g/mol. The Kier molecular flexibility index (Phi) is 4.15. The van der Waals surface area contributed by atoms with Gasteiger partial charge in [0, 0.05) is 19.0 Å². The molecule has 1 amide bonds. The summed E-state index contributed by atoms with van der Waals surface area (Å²) in [6.07, 6.45) is 1.88. The minimum atomic E-state index is -0.580. The number of para-hydroxylation sites is 1. The Labute approximate surface area is 115 Å². The minimum Gasteiger partial charge on any atom is -0.378 e. The van der Waals surface area contributed by atoms with Crippen LogP contribution in [0.1, 0.15) is 18.4 Å². The number of hydrogen-bond donors (Lipinski definition) is 2. The first-order valence-corrected chi connectivity index (χ1v) is 6.32. The van der Waals surface area contributed by atoms with E-state index in [1.807, 2.05) is 0 Å². The van der Waals surface area contributed by atoms with Crippen molar-refractivity contribution in [3.05, 3.63) is 33.9 Å².